The maximum Gasteiger partial charge on any atom is 0.309 e. The minimum atomic E-state index is -0.513. The lowest BCUT2D eigenvalue weighted by molar-refractivity contribution is -0.147. The normalized spacial score (nSPS) is 10.1. The fraction of sp³-hybridized carbons (Fsp3) is 0.286. The molecular formula is C21H24N2O5. The third-order valence-corrected chi connectivity index (χ3v) is 3.76. The zero-order valence-electron chi connectivity index (χ0n) is 16.2. The van der Waals surface area contributed by atoms with Crippen molar-refractivity contribution in [2.75, 3.05) is 23.8 Å². The number of amides is 2. The largest absolute Gasteiger partial charge is 0.493 e. The highest BCUT2D eigenvalue weighted by molar-refractivity contribution is 5.93. The van der Waals surface area contributed by atoms with E-state index in [1.54, 1.807) is 24.3 Å². The number of carbonyl (C=O) groups is 3. The number of esters is 1. The van der Waals surface area contributed by atoms with Crippen LogP contribution in [0.1, 0.15) is 24.5 Å². The van der Waals surface area contributed by atoms with Gasteiger partial charge in [0.15, 0.2) is 6.61 Å². The highest BCUT2D eigenvalue weighted by Crippen LogP contribution is 2.19. The third-order valence-electron chi connectivity index (χ3n) is 3.76. The van der Waals surface area contributed by atoms with Crippen LogP contribution in [0.25, 0.3) is 0 Å². The van der Waals surface area contributed by atoms with E-state index in [9.17, 15) is 14.4 Å². The molecule has 7 nitrogen and oxygen atoms in total. The van der Waals surface area contributed by atoms with Crippen LogP contribution in [-0.4, -0.2) is 31.0 Å². The number of nitrogens with one attached hydrogen (secondary N) is 2. The summed E-state index contributed by atoms with van der Waals surface area (Å²) in [6, 6.07) is 12.5. The van der Waals surface area contributed by atoms with Crippen LogP contribution in [0.3, 0.4) is 0 Å². The van der Waals surface area contributed by atoms with Crippen LogP contribution in [0.4, 0.5) is 11.4 Å². The molecule has 0 spiro atoms. The highest BCUT2D eigenvalue weighted by atomic mass is 16.5. The molecule has 2 N–H and O–H groups in total. The van der Waals surface area contributed by atoms with Gasteiger partial charge < -0.3 is 20.1 Å². The highest BCUT2D eigenvalue weighted by Gasteiger charge is 2.09. The molecule has 0 unspecified atom stereocenters. The van der Waals surface area contributed by atoms with Gasteiger partial charge >= 0.3 is 5.97 Å². The van der Waals surface area contributed by atoms with Gasteiger partial charge in [0.1, 0.15) is 5.75 Å². The summed E-state index contributed by atoms with van der Waals surface area (Å²) in [6.45, 7) is 5.11. The first-order chi connectivity index (χ1) is 13.3. The number of rotatable bonds is 8. The quantitative estimate of drug-likeness (QED) is 0.682. The second kappa shape index (κ2) is 10.1. The minimum Gasteiger partial charge on any atom is -0.493 e. The van der Waals surface area contributed by atoms with Gasteiger partial charge in [-0.1, -0.05) is 12.1 Å². The molecule has 0 fully saturated rings. The number of hydrogen-bond acceptors (Lipinski definition) is 5. The van der Waals surface area contributed by atoms with Crippen LogP contribution in [0, 0.1) is 13.8 Å². The number of carbonyl (C=O) groups excluding carboxylic acids is 3. The van der Waals surface area contributed by atoms with E-state index in [0.29, 0.717) is 11.4 Å². The summed E-state index contributed by atoms with van der Waals surface area (Å²) in [6.07, 6.45) is 0.0477. The van der Waals surface area contributed by atoms with Crippen molar-refractivity contribution in [2.45, 2.75) is 27.2 Å². The molecule has 0 aromatic heterocycles. The zero-order valence-corrected chi connectivity index (χ0v) is 16.2. The number of anilines is 2. The molecule has 2 aromatic carbocycles. The molecule has 0 saturated carbocycles. The van der Waals surface area contributed by atoms with Crippen LogP contribution in [0.2, 0.25) is 0 Å². The van der Waals surface area contributed by atoms with Crippen LogP contribution in [-0.2, 0) is 19.1 Å². The van der Waals surface area contributed by atoms with Crippen LogP contribution in [0.15, 0.2) is 42.5 Å². The van der Waals surface area contributed by atoms with E-state index in [4.69, 9.17) is 9.47 Å². The van der Waals surface area contributed by atoms with Gasteiger partial charge in [-0.15, -0.1) is 0 Å². The van der Waals surface area contributed by atoms with Gasteiger partial charge in [0, 0.05) is 18.3 Å². The Morgan fingerprint density at radius 1 is 0.929 bits per heavy atom. The van der Waals surface area contributed by atoms with Gasteiger partial charge in [-0.2, -0.15) is 0 Å². The Morgan fingerprint density at radius 3 is 2.21 bits per heavy atom. The fourth-order valence-electron chi connectivity index (χ4n) is 2.36. The summed E-state index contributed by atoms with van der Waals surface area (Å²) in [5, 5.41) is 5.24. The molecule has 0 aliphatic carbocycles. The number of hydrogen-bond donors (Lipinski definition) is 2. The van der Waals surface area contributed by atoms with E-state index in [-0.39, 0.29) is 25.5 Å². The second-order valence-corrected chi connectivity index (χ2v) is 6.33. The molecule has 7 heteroatoms. The van der Waals surface area contributed by atoms with E-state index < -0.39 is 11.9 Å². The molecule has 0 heterocycles. The van der Waals surface area contributed by atoms with Crippen molar-refractivity contribution < 1.29 is 23.9 Å². The van der Waals surface area contributed by atoms with Gasteiger partial charge in [0.2, 0.25) is 5.91 Å². The molecule has 2 rings (SSSR count). The Balaban J connectivity index is 1.69. The van der Waals surface area contributed by atoms with E-state index in [1.165, 1.54) is 6.92 Å². The molecule has 0 bridgehead atoms. The monoisotopic (exact) mass is 384 g/mol. The standard InChI is InChI=1S/C21H24N2O5/c1-14-4-5-15(2)19(12-14)27-11-10-21(26)28-13-20(25)23-18-8-6-17(7-9-18)22-16(3)24/h4-9,12H,10-11,13H2,1-3H3,(H,22,24)(H,23,25). The van der Waals surface area contributed by atoms with Crippen LogP contribution in [0.5, 0.6) is 5.75 Å². The fourth-order valence-corrected chi connectivity index (χ4v) is 2.36. The van der Waals surface area contributed by atoms with Crippen molar-refractivity contribution in [3.63, 3.8) is 0 Å². The lowest BCUT2D eigenvalue weighted by Crippen LogP contribution is -2.21. The maximum atomic E-state index is 11.9. The molecule has 148 valence electrons. The zero-order chi connectivity index (χ0) is 20.5. The molecule has 28 heavy (non-hydrogen) atoms. The second-order valence-electron chi connectivity index (χ2n) is 6.33. The van der Waals surface area contributed by atoms with Gasteiger partial charge in [-0.25, -0.2) is 0 Å². The Kier molecular flexibility index (Phi) is 7.56. The average Bonchev–Trinajstić information content (AvgIpc) is 2.64. The van der Waals surface area contributed by atoms with Crippen LogP contribution >= 0.6 is 0 Å². The molecule has 0 aliphatic heterocycles. The Morgan fingerprint density at radius 2 is 1.57 bits per heavy atom. The van der Waals surface area contributed by atoms with Gasteiger partial charge in [0.05, 0.1) is 13.0 Å². The summed E-state index contributed by atoms with van der Waals surface area (Å²) in [7, 11) is 0. The number of benzene rings is 2. The number of aryl methyl sites for hydroxylation is 2. The van der Waals surface area contributed by atoms with E-state index in [2.05, 4.69) is 10.6 Å². The first-order valence-corrected chi connectivity index (χ1v) is 8.86. The molecule has 2 aromatic rings. The molecule has 0 atom stereocenters. The SMILES string of the molecule is CC(=O)Nc1ccc(NC(=O)COC(=O)CCOc2cc(C)ccc2C)cc1. The topological polar surface area (TPSA) is 93.7 Å². The van der Waals surface area contributed by atoms with E-state index in [1.807, 2.05) is 32.0 Å². The summed E-state index contributed by atoms with van der Waals surface area (Å²) in [5.41, 5.74) is 3.22. The summed E-state index contributed by atoms with van der Waals surface area (Å²) < 4.78 is 10.6. The van der Waals surface area contributed by atoms with E-state index >= 15 is 0 Å². The van der Waals surface area contributed by atoms with Gasteiger partial charge in [-0.05, 0) is 55.3 Å². The van der Waals surface area contributed by atoms with Gasteiger partial charge in [-0.3, -0.25) is 14.4 Å². The molecule has 0 radical (unpaired) electrons. The summed E-state index contributed by atoms with van der Waals surface area (Å²) >= 11 is 0. The molecular weight excluding hydrogens is 360 g/mol. The molecule has 0 saturated heterocycles. The van der Waals surface area contributed by atoms with Crippen molar-refractivity contribution in [1.82, 2.24) is 0 Å². The predicted molar refractivity (Wildman–Crippen MR) is 106 cm³/mol. The first-order valence-electron chi connectivity index (χ1n) is 8.86. The lowest BCUT2D eigenvalue weighted by atomic mass is 10.1. The lowest BCUT2D eigenvalue weighted by Gasteiger charge is -2.10. The Bertz CT molecular complexity index is 846. The minimum absolute atomic E-state index is 0.0477. The van der Waals surface area contributed by atoms with Crippen molar-refractivity contribution in [1.29, 1.82) is 0 Å². The average molecular weight is 384 g/mol. The Hall–Kier alpha value is -3.35. The number of ether oxygens (including phenoxy) is 2. The van der Waals surface area contributed by atoms with Crippen molar-refractivity contribution in [3.8, 4) is 5.75 Å². The first kappa shape index (κ1) is 21.0. The molecule has 2 amide bonds. The van der Waals surface area contributed by atoms with Crippen LogP contribution < -0.4 is 15.4 Å². The summed E-state index contributed by atoms with van der Waals surface area (Å²) in [5.74, 6) is -0.406. The smallest absolute Gasteiger partial charge is 0.309 e. The third kappa shape index (κ3) is 7.11. The van der Waals surface area contributed by atoms with Gasteiger partial charge in [0.25, 0.3) is 5.91 Å². The van der Waals surface area contributed by atoms with E-state index in [0.717, 1.165) is 16.9 Å². The summed E-state index contributed by atoms with van der Waals surface area (Å²) in [4.78, 5) is 34.6. The Labute approximate surface area is 164 Å². The van der Waals surface area contributed by atoms with Crippen molar-refractivity contribution in [2.24, 2.45) is 0 Å². The van der Waals surface area contributed by atoms with Crippen molar-refractivity contribution in [3.05, 3.63) is 53.6 Å². The van der Waals surface area contributed by atoms with Crippen molar-refractivity contribution >= 4 is 29.2 Å². The predicted octanol–water partition coefficient (Wildman–Crippen LogP) is 3.21. The molecule has 0 aliphatic rings. The maximum absolute atomic E-state index is 11.9.